The summed E-state index contributed by atoms with van der Waals surface area (Å²) in [6, 6.07) is 11.9. The first-order chi connectivity index (χ1) is 14.2. The molecule has 0 spiro atoms. The Kier molecular flexibility index (Phi) is 4.40. The Morgan fingerprint density at radius 3 is 2.66 bits per heavy atom. The average molecular weight is 390 g/mol. The third-order valence-electron chi connectivity index (χ3n) is 5.28. The second-order valence-electron chi connectivity index (χ2n) is 7.15. The van der Waals surface area contributed by atoms with Gasteiger partial charge in [-0.3, -0.25) is 9.69 Å². The van der Waals surface area contributed by atoms with Crippen molar-refractivity contribution in [3.8, 4) is 0 Å². The number of benzene rings is 2. The number of rotatable bonds is 3. The van der Waals surface area contributed by atoms with Crippen LogP contribution in [0.1, 0.15) is 5.82 Å². The molecule has 1 aliphatic rings. The van der Waals surface area contributed by atoms with Crippen molar-refractivity contribution in [1.29, 1.82) is 0 Å². The molecule has 4 aromatic rings. The molecule has 2 aromatic heterocycles. The Morgan fingerprint density at radius 2 is 1.79 bits per heavy atom. The lowest BCUT2D eigenvalue weighted by Crippen LogP contribution is -2.46. The zero-order valence-electron chi connectivity index (χ0n) is 15.7. The predicted molar refractivity (Wildman–Crippen MR) is 109 cm³/mol. The van der Waals surface area contributed by atoms with Crippen LogP contribution in [0, 0.1) is 5.82 Å². The average Bonchev–Trinajstić information content (AvgIpc) is 2.74. The normalized spacial score (nSPS) is 15.3. The molecule has 0 radical (unpaired) electrons. The van der Waals surface area contributed by atoms with E-state index in [4.69, 9.17) is 0 Å². The Morgan fingerprint density at radius 1 is 0.966 bits per heavy atom. The highest BCUT2D eigenvalue weighted by atomic mass is 19.1. The minimum absolute atomic E-state index is 0.112. The first kappa shape index (κ1) is 17.7. The van der Waals surface area contributed by atoms with Crippen LogP contribution in [0.15, 0.2) is 53.6 Å². The summed E-state index contributed by atoms with van der Waals surface area (Å²) < 4.78 is 13.7. The van der Waals surface area contributed by atoms with Gasteiger partial charge in [0, 0.05) is 31.6 Å². The van der Waals surface area contributed by atoms with Crippen LogP contribution < -0.4 is 10.5 Å². The monoisotopic (exact) mass is 390 g/mol. The van der Waals surface area contributed by atoms with E-state index in [1.165, 1.54) is 18.5 Å². The SMILES string of the molecule is O=c1[nH]c(CN2CCN(c3ncnc4ccc(F)cc34)CC2)nc2ccccc12. The number of hydrogen-bond acceptors (Lipinski definition) is 6. The van der Waals surface area contributed by atoms with E-state index in [2.05, 4.69) is 29.7 Å². The van der Waals surface area contributed by atoms with Gasteiger partial charge in [-0.05, 0) is 30.3 Å². The van der Waals surface area contributed by atoms with Crippen molar-refractivity contribution in [2.75, 3.05) is 31.1 Å². The summed E-state index contributed by atoms with van der Waals surface area (Å²) in [4.78, 5) is 32.7. The predicted octanol–water partition coefficient (Wildman–Crippen LogP) is 2.33. The van der Waals surface area contributed by atoms with Gasteiger partial charge in [-0.1, -0.05) is 12.1 Å². The highest BCUT2D eigenvalue weighted by Gasteiger charge is 2.21. The van der Waals surface area contributed by atoms with Gasteiger partial charge in [0.25, 0.3) is 5.56 Å². The third kappa shape index (κ3) is 3.42. The Hall–Kier alpha value is -3.39. The number of anilines is 1. The van der Waals surface area contributed by atoms with E-state index in [1.807, 2.05) is 18.2 Å². The minimum atomic E-state index is -0.293. The Bertz CT molecular complexity index is 1250. The van der Waals surface area contributed by atoms with Crippen LogP contribution in [0.4, 0.5) is 10.2 Å². The zero-order valence-corrected chi connectivity index (χ0v) is 15.7. The minimum Gasteiger partial charge on any atom is -0.353 e. The van der Waals surface area contributed by atoms with E-state index in [0.29, 0.717) is 23.3 Å². The fraction of sp³-hybridized carbons (Fsp3) is 0.238. The molecule has 1 fully saturated rings. The quantitative estimate of drug-likeness (QED) is 0.579. The third-order valence-corrected chi connectivity index (χ3v) is 5.28. The number of aromatic amines is 1. The molecule has 7 nitrogen and oxygen atoms in total. The molecule has 1 N–H and O–H groups in total. The molecule has 0 unspecified atom stereocenters. The number of piperazine rings is 1. The van der Waals surface area contributed by atoms with Gasteiger partial charge in [0.1, 0.15) is 23.8 Å². The van der Waals surface area contributed by atoms with Gasteiger partial charge in [-0.2, -0.15) is 0 Å². The van der Waals surface area contributed by atoms with Gasteiger partial charge < -0.3 is 9.88 Å². The highest BCUT2D eigenvalue weighted by molar-refractivity contribution is 5.89. The van der Waals surface area contributed by atoms with E-state index < -0.39 is 0 Å². The summed E-state index contributed by atoms with van der Waals surface area (Å²) in [7, 11) is 0. The molecule has 0 bridgehead atoms. The zero-order chi connectivity index (χ0) is 19.8. The number of nitrogens with one attached hydrogen (secondary N) is 1. The highest BCUT2D eigenvalue weighted by Crippen LogP contribution is 2.24. The molecule has 0 amide bonds. The summed E-state index contributed by atoms with van der Waals surface area (Å²) in [6.45, 7) is 3.66. The molecule has 2 aromatic carbocycles. The molecule has 5 rings (SSSR count). The van der Waals surface area contributed by atoms with Crippen LogP contribution in [0.2, 0.25) is 0 Å². The molecular formula is C21H19FN6O. The van der Waals surface area contributed by atoms with Crippen LogP contribution in [-0.4, -0.2) is 51.0 Å². The second kappa shape index (κ2) is 7.21. The number of halogens is 1. The molecule has 1 saturated heterocycles. The van der Waals surface area contributed by atoms with Crippen molar-refractivity contribution in [3.05, 3.63) is 70.8 Å². The van der Waals surface area contributed by atoms with Crippen LogP contribution in [-0.2, 0) is 6.54 Å². The molecule has 8 heteroatoms. The molecular weight excluding hydrogens is 371 g/mol. The fourth-order valence-electron chi connectivity index (χ4n) is 3.81. The molecule has 0 atom stereocenters. The number of para-hydroxylation sites is 1. The van der Waals surface area contributed by atoms with Gasteiger partial charge >= 0.3 is 0 Å². The largest absolute Gasteiger partial charge is 0.353 e. The smallest absolute Gasteiger partial charge is 0.258 e. The van der Waals surface area contributed by atoms with Crippen molar-refractivity contribution in [3.63, 3.8) is 0 Å². The maximum atomic E-state index is 13.7. The van der Waals surface area contributed by atoms with Crippen molar-refractivity contribution in [1.82, 2.24) is 24.8 Å². The number of fused-ring (bicyclic) bond motifs is 2. The van der Waals surface area contributed by atoms with E-state index in [-0.39, 0.29) is 11.4 Å². The van der Waals surface area contributed by atoms with Crippen LogP contribution in [0.25, 0.3) is 21.8 Å². The lowest BCUT2D eigenvalue weighted by molar-refractivity contribution is 0.244. The van der Waals surface area contributed by atoms with Gasteiger partial charge in [0.15, 0.2) is 0 Å². The van der Waals surface area contributed by atoms with E-state index in [9.17, 15) is 9.18 Å². The van der Waals surface area contributed by atoms with Crippen LogP contribution >= 0.6 is 0 Å². The molecule has 0 aliphatic carbocycles. The summed E-state index contributed by atoms with van der Waals surface area (Å²) in [6.07, 6.45) is 1.52. The standard InChI is InChI=1S/C21H19FN6O/c22-14-5-6-17-16(11-14)20(24-13-23-17)28-9-7-27(8-10-28)12-19-25-18-4-2-1-3-15(18)21(29)26-19/h1-6,11,13H,7-10,12H2,(H,25,26,29). The van der Waals surface area contributed by atoms with Gasteiger partial charge in [0.05, 0.1) is 23.0 Å². The van der Waals surface area contributed by atoms with Crippen molar-refractivity contribution in [2.45, 2.75) is 6.54 Å². The van der Waals surface area contributed by atoms with Crippen LogP contribution in [0.5, 0.6) is 0 Å². The maximum absolute atomic E-state index is 13.7. The Balaban J connectivity index is 1.32. The second-order valence-corrected chi connectivity index (χ2v) is 7.15. The summed E-state index contributed by atoms with van der Waals surface area (Å²) in [5.74, 6) is 1.13. The summed E-state index contributed by atoms with van der Waals surface area (Å²) in [5, 5.41) is 1.32. The van der Waals surface area contributed by atoms with Gasteiger partial charge in [0.2, 0.25) is 0 Å². The lowest BCUT2D eigenvalue weighted by Gasteiger charge is -2.35. The van der Waals surface area contributed by atoms with E-state index in [0.717, 1.165) is 42.9 Å². The molecule has 0 saturated carbocycles. The van der Waals surface area contributed by atoms with Crippen molar-refractivity contribution in [2.24, 2.45) is 0 Å². The van der Waals surface area contributed by atoms with Gasteiger partial charge in [-0.25, -0.2) is 19.3 Å². The molecule has 29 heavy (non-hydrogen) atoms. The number of H-pyrrole nitrogens is 1. The number of aromatic nitrogens is 4. The topological polar surface area (TPSA) is 78.0 Å². The molecule has 3 heterocycles. The lowest BCUT2D eigenvalue weighted by atomic mass is 10.2. The number of hydrogen-bond donors (Lipinski definition) is 1. The number of nitrogens with zero attached hydrogens (tertiary/aromatic N) is 5. The maximum Gasteiger partial charge on any atom is 0.258 e. The summed E-state index contributed by atoms with van der Waals surface area (Å²) in [5.41, 5.74) is 1.33. The van der Waals surface area contributed by atoms with Crippen molar-refractivity contribution < 1.29 is 4.39 Å². The van der Waals surface area contributed by atoms with E-state index in [1.54, 1.807) is 12.1 Å². The van der Waals surface area contributed by atoms with E-state index >= 15 is 0 Å². The van der Waals surface area contributed by atoms with Gasteiger partial charge in [-0.15, -0.1) is 0 Å². The summed E-state index contributed by atoms with van der Waals surface area (Å²) >= 11 is 0. The van der Waals surface area contributed by atoms with Crippen LogP contribution in [0.3, 0.4) is 0 Å². The van der Waals surface area contributed by atoms with Crippen molar-refractivity contribution >= 4 is 27.6 Å². The molecule has 1 aliphatic heterocycles. The Labute approximate surface area is 165 Å². The first-order valence-electron chi connectivity index (χ1n) is 9.53. The molecule has 146 valence electrons. The first-order valence-corrected chi connectivity index (χ1v) is 9.53. The fourth-order valence-corrected chi connectivity index (χ4v) is 3.81.